The molecule has 2 aromatic heterocycles. The standard InChI is InChI=1S/C52H53F5N8O7S2/c1-30-43(74-29-61-30)32-13-11-31(12-14-32)26-59-45(67)39-10-9-21-63(39)47(68)44(50(2,3)4)62-40(66)28-70-22-7-8-23-71-35-16-18-36(19-17-35)72-46-37(53)24-34(27-60-46)65-49(73)64(48(69)51(65,5)6)38-20-15-33(25-58)41(42(38)54)52(55,56)57/h11-20,24,27,29,39,44H,7-10,21-23,26,28H2,1-6H3,(H,59,67)(H,62,66)/t39-,44+/m0/s1. The number of thiocarbonyl (C=S) groups is 1. The summed E-state index contributed by atoms with van der Waals surface area (Å²) in [6.45, 7) is 11.2. The van der Waals surface area contributed by atoms with Crippen LogP contribution in [-0.2, 0) is 36.6 Å². The molecule has 0 bridgehead atoms. The van der Waals surface area contributed by atoms with Crippen molar-refractivity contribution in [2.75, 3.05) is 36.2 Å². The number of thiazole rings is 1. The molecule has 2 N–H and O–H groups in total. The van der Waals surface area contributed by atoms with E-state index in [1.54, 1.807) is 28.4 Å². The highest BCUT2D eigenvalue weighted by atomic mass is 32.1. The molecule has 4 amide bonds. The first kappa shape index (κ1) is 54.7. The maximum atomic E-state index is 15.5. The number of carbonyl (C=O) groups is 4. The molecule has 0 saturated carbocycles. The molecule has 2 fully saturated rings. The minimum atomic E-state index is -5.26. The second kappa shape index (κ2) is 22.6. The highest BCUT2D eigenvalue weighted by Gasteiger charge is 2.52. The Balaban J connectivity index is 0.836. The maximum Gasteiger partial charge on any atom is 0.420 e. The minimum Gasteiger partial charge on any atom is -0.494 e. The van der Waals surface area contributed by atoms with Gasteiger partial charge < -0.3 is 34.6 Å². The van der Waals surface area contributed by atoms with Crippen LogP contribution in [0.1, 0.15) is 82.7 Å². The zero-order valence-electron chi connectivity index (χ0n) is 41.3. The monoisotopic (exact) mass is 1060 g/mol. The number of nitrogens with zero attached hydrogens (tertiary/aromatic N) is 6. The van der Waals surface area contributed by atoms with E-state index >= 15 is 8.78 Å². The number of carbonyl (C=O) groups excluding carboxylic acids is 4. The molecule has 2 aliphatic rings. The molecule has 390 valence electrons. The number of halogens is 5. The molecule has 74 heavy (non-hydrogen) atoms. The predicted molar refractivity (Wildman–Crippen MR) is 269 cm³/mol. The van der Waals surface area contributed by atoms with Gasteiger partial charge >= 0.3 is 6.18 Å². The molecule has 22 heteroatoms. The minimum absolute atomic E-state index is 0.0725. The Hall–Kier alpha value is -7.09. The molecule has 0 radical (unpaired) electrons. The Bertz CT molecular complexity index is 2960. The van der Waals surface area contributed by atoms with Crippen molar-refractivity contribution in [3.8, 4) is 33.9 Å². The summed E-state index contributed by atoms with van der Waals surface area (Å²) in [4.78, 5) is 66.6. The summed E-state index contributed by atoms with van der Waals surface area (Å²) in [5.74, 6) is -4.58. The third-order valence-corrected chi connectivity index (χ3v) is 13.7. The Morgan fingerprint density at radius 3 is 2.31 bits per heavy atom. The number of rotatable bonds is 18. The predicted octanol–water partition coefficient (Wildman–Crippen LogP) is 9.41. The number of pyridine rings is 1. The summed E-state index contributed by atoms with van der Waals surface area (Å²) < 4.78 is 89.3. The van der Waals surface area contributed by atoms with Crippen molar-refractivity contribution in [2.45, 2.75) is 97.6 Å². The largest absolute Gasteiger partial charge is 0.494 e. The molecule has 15 nitrogen and oxygen atoms in total. The summed E-state index contributed by atoms with van der Waals surface area (Å²) in [5, 5.41) is 14.5. The quantitative estimate of drug-likeness (QED) is 0.0483. The molecule has 7 rings (SSSR count). The number of aryl methyl sites for hydroxylation is 1. The van der Waals surface area contributed by atoms with E-state index in [1.165, 1.54) is 32.0 Å². The average Bonchev–Trinajstić information content (AvgIpc) is 4.06. The van der Waals surface area contributed by atoms with Gasteiger partial charge in [-0.25, -0.2) is 18.7 Å². The molecule has 0 aliphatic carbocycles. The molecular weight excluding hydrogens is 1010 g/mol. The van der Waals surface area contributed by atoms with Crippen LogP contribution in [0.2, 0.25) is 0 Å². The first-order valence-corrected chi connectivity index (χ1v) is 24.8. The van der Waals surface area contributed by atoms with Gasteiger partial charge in [0, 0.05) is 25.8 Å². The third-order valence-electron chi connectivity index (χ3n) is 12.4. The summed E-state index contributed by atoms with van der Waals surface area (Å²) in [6.07, 6.45) is -1.83. The van der Waals surface area contributed by atoms with Crippen LogP contribution in [0.4, 0.5) is 33.3 Å². The van der Waals surface area contributed by atoms with E-state index in [4.69, 9.17) is 31.7 Å². The number of hydrogen-bond donors (Lipinski definition) is 2. The normalized spacial score (nSPS) is 16.0. The number of aromatic nitrogens is 2. The van der Waals surface area contributed by atoms with Gasteiger partial charge in [-0.15, -0.1) is 11.3 Å². The van der Waals surface area contributed by atoms with E-state index in [1.807, 2.05) is 57.5 Å². The fourth-order valence-corrected chi connectivity index (χ4v) is 9.84. The van der Waals surface area contributed by atoms with Gasteiger partial charge in [0.1, 0.15) is 41.3 Å². The molecule has 2 atom stereocenters. The van der Waals surface area contributed by atoms with Gasteiger partial charge in [0.25, 0.3) is 11.8 Å². The fourth-order valence-electron chi connectivity index (χ4n) is 8.52. The Morgan fingerprint density at radius 1 is 0.986 bits per heavy atom. The highest BCUT2D eigenvalue weighted by Crippen LogP contribution is 2.42. The van der Waals surface area contributed by atoms with Crippen molar-refractivity contribution < 1.29 is 55.3 Å². The van der Waals surface area contributed by atoms with Gasteiger partial charge in [-0.3, -0.25) is 24.1 Å². The first-order chi connectivity index (χ1) is 35.0. The van der Waals surface area contributed by atoms with E-state index in [-0.39, 0.29) is 36.5 Å². The zero-order valence-corrected chi connectivity index (χ0v) is 42.9. The molecular formula is C52H53F5N8O7S2. The van der Waals surface area contributed by atoms with Crippen molar-refractivity contribution in [1.29, 1.82) is 5.26 Å². The van der Waals surface area contributed by atoms with Gasteiger partial charge in [0.05, 0.1) is 51.9 Å². The van der Waals surface area contributed by atoms with E-state index in [0.717, 1.165) is 51.0 Å². The number of nitrogens with one attached hydrogen (secondary N) is 2. The molecule has 5 aromatic rings. The molecule has 0 spiro atoms. The number of ether oxygens (including phenoxy) is 3. The molecule has 2 aliphatic heterocycles. The number of likely N-dealkylation sites (tertiary alicyclic amines) is 1. The van der Waals surface area contributed by atoms with E-state index in [2.05, 4.69) is 20.6 Å². The van der Waals surface area contributed by atoms with Gasteiger partial charge in [0.15, 0.2) is 16.7 Å². The van der Waals surface area contributed by atoms with Gasteiger partial charge in [0.2, 0.25) is 17.7 Å². The van der Waals surface area contributed by atoms with Crippen LogP contribution in [0, 0.1) is 35.3 Å². The number of amides is 4. The summed E-state index contributed by atoms with van der Waals surface area (Å²) in [7, 11) is 0. The lowest BCUT2D eigenvalue weighted by Gasteiger charge is -2.35. The van der Waals surface area contributed by atoms with Crippen LogP contribution in [0.3, 0.4) is 0 Å². The maximum absolute atomic E-state index is 15.5. The summed E-state index contributed by atoms with van der Waals surface area (Å²) >= 11 is 7.00. The fraction of sp³-hybridized carbons (Fsp3) is 0.385. The second-order valence-electron chi connectivity index (χ2n) is 19.1. The number of alkyl halides is 3. The van der Waals surface area contributed by atoms with Crippen LogP contribution in [0.25, 0.3) is 10.4 Å². The van der Waals surface area contributed by atoms with Crippen molar-refractivity contribution in [3.05, 3.63) is 112 Å². The second-order valence-corrected chi connectivity index (χ2v) is 20.4. The van der Waals surface area contributed by atoms with Crippen molar-refractivity contribution >= 4 is 63.7 Å². The zero-order chi connectivity index (χ0) is 53.7. The lowest BCUT2D eigenvalue weighted by Crippen LogP contribution is -2.58. The van der Waals surface area contributed by atoms with E-state index in [0.29, 0.717) is 56.0 Å². The van der Waals surface area contributed by atoms with E-state index in [9.17, 15) is 32.3 Å². The van der Waals surface area contributed by atoms with Crippen LogP contribution in [0.5, 0.6) is 17.4 Å². The number of unbranched alkanes of at least 4 members (excludes halogenated alkanes) is 1. The summed E-state index contributed by atoms with van der Waals surface area (Å²) in [6, 6.07) is 16.4. The molecule has 2 saturated heterocycles. The van der Waals surface area contributed by atoms with Gasteiger partial charge in [-0.2, -0.15) is 18.4 Å². The first-order valence-electron chi connectivity index (χ1n) is 23.5. The van der Waals surface area contributed by atoms with Crippen molar-refractivity contribution in [2.24, 2.45) is 5.41 Å². The smallest absolute Gasteiger partial charge is 0.420 e. The molecule has 4 heterocycles. The van der Waals surface area contributed by atoms with Crippen LogP contribution in [-0.4, -0.2) is 87.6 Å². The number of anilines is 2. The van der Waals surface area contributed by atoms with E-state index < -0.39 is 80.5 Å². The summed E-state index contributed by atoms with van der Waals surface area (Å²) in [5.41, 5.74) is -1.28. The number of benzene rings is 3. The van der Waals surface area contributed by atoms with Crippen LogP contribution >= 0.6 is 23.6 Å². The lowest BCUT2D eigenvalue weighted by atomic mass is 9.85. The highest BCUT2D eigenvalue weighted by molar-refractivity contribution is 7.81. The Labute approximate surface area is 433 Å². The SMILES string of the molecule is Cc1ncsc1-c1ccc(CNC(=O)[C@@H]2CCCN2C(=O)[C@@H](NC(=O)COCCCCOc2ccc(Oc3ncc(N4C(=S)N(c5ccc(C#N)c(C(F)(F)F)c5F)C(=O)C4(C)C)cc3F)cc2)C(C)(C)C)cc1. The molecule has 3 aromatic carbocycles. The van der Waals surface area contributed by atoms with Crippen molar-refractivity contribution in [3.63, 3.8) is 0 Å². The van der Waals surface area contributed by atoms with Crippen LogP contribution < -0.4 is 29.9 Å². The van der Waals surface area contributed by atoms with Gasteiger partial charge in [-0.05, 0) is 112 Å². The van der Waals surface area contributed by atoms with Gasteiger partial charge in [-0.1, -0.05) is 45.0 Å². The topological polar surface area (TPSA) is 179 Å². The van der Waals surface area contributed by atoms with Crippen LogP contribution in [0.15, 0.2) is 78.4 Å². The van der Waals surface area contributed by atoms with Crippen molar-refractivity contribution in [1.82, 2.24) is 25.5 Å². The Kier molecular flexibility index (Phi) is 16.7. The molecule has 0 unspecified atom stereocenters. The third kappa shape index (κ3) is 12.1. The number of hydrogen-bond acceptors (Lipinski definition) is 12. The average molecular weight is 1060 g/mol. The Morgan fingerprint density at radius 2 is 1.68 bits per heavy atom. The lowest BCUT2D eigenvalue weighted by molar-refractivity contribution is -0.144. The number of nitriles is 1.